The molecule has 0 saturated carbocycles. The number of thioether (sulfide) groups is 1. The van der Waals surface area contributed by atoms with E-state index in [2.05, 4.69) is 39.5 Å². The van der Waals surface area contributed by atoms with Gasteiger partial charge in [-0.05, 0) is 18.8 Å². The zero-order valence-corrected chi connectivity index (χ0v) is 11.5. The Labute approximate surface area is 98.3 Å². The third-order valence-electron chi connectivity index (χ3n) is 3.47. The SMILES string of the molecule is CCCCN1CC(C)(C(C)(C)C)SC1=N. The van der Waals surface area contributed by atoms with E-state index < -0.39 is 0 Å². The van der Waals surface area contributed by atoms with Crippen LogP contribution in [0.2, 0.25) is 0 Å². The van der Waals surface area contributed by atoms with E-state index in [1.165, 1.54) is 12.8 Å². The van der Waals surface area contributed by atoms with E-state index in [0.29, 0.717) is 0 Å². The quantitative estimate of drug-likeness (QED) is 0.799. The van der Waals surface area contributed by atoms with Crippen molar-refractivity contribution in [2.75, 3.05) is 13.1 Å². The maximum atomic E-state index is 8.01. The largest absolute Gasteiger partial charge is 0.350 e. The molecule has 0 aromatic rings. The average molecular weight is 228 g/mol. The molecular weight excluding hydrogens is 204 g/mol. The summed E-state index contributed by atoms with van der Waals surface area (Å²) in [5, 5.41) is 8.77. The van der Waals surface area contributed by atoms with Crippen LogP contribution in [0, 0.1) is 10.8 Å². The van der Waals surface area contributed by atoms with Crippen LogP contribution in [0.15, 0.2) is 0 Å². The third-order valence-corrected chi connectivity index (χ3v) is 5.11. The second-order valence-electron chi connectivity index (χ2n) is 5.66. The molecule has 1 fully saturated rings. The number of nitrogens with one attached hydrogen (secondary N) is 1. The summed E-state index contributed by atoms with van der Waals surface area (Å²) in [6.07, 6.45) is 2.41. The van der Waals surface area contributed by atoms with Gasteiger partial charge in [-0.1, -0.05) is 45.9 Å². The van der Waals surface area contributed by atoms with Gasteiger partial charge in [0.1, 0.15) is 0 Å². The fourth-order valence-corrected chi connectivity index (χ4v) is 2.90. The Morgan fingerprint density at radius 3 is 2.47 bits per heavy atom. The van der Waals surface area contributed by atoms with E-state index in [4.69, 9.17) is 5.41 Å². The van der Waals surface area contributed by atoms with E-state index in [-0.39, 0.29) is 10.2 Å². The normalized spacial score (nSPS) is 27.5. The van der Waals surface area contributed by atoms with Gasteiger partial charge in [0.05, 0.1) is 0 Å². The minimum atomic E-state index is 0.192. The topological polar surface area (TPSA) is 27.1 Å². The molecule has 0 spiro atoms. The first-order valence-corrected chi connectivity index (χ1v) is 6.64. The van der Waals surface area contributed by atoms with Gasteiger partial charge in [-0.3, -0.25) is 5.41 Å². The zero-order valence-electron chi connectivity index (χ0n) is 10.7. The van der Waals surface area contributed by atoms with Gasteiger partial charge in [-0.15, -0.1) is 0 Å². The average Bonchev–Trinajstić information content (AvgIpc) is 2.38. The van der Waals surface area contributed by atoms with Crippen LogP contribution in [0.5, 0.6) is 0 Å². The first kappa shape index (κ1) is 12.9. The number of hydrogen-bond acceptors (Lipinski definition) is 2. The van der Waals surface area contributed by atoms with Crippen molar-refractivity contribution in [2.45, 2.75) is 52.2 Å². The van der Waals surface area contributed by atoms with Crippen LogP contribution in [-0.2, 0) is 0 Å². The minimum Gasteiger partial charge on any atom is -0.350 e. The van der Waals surface area contributed by atoms with Gasteiger partial charge in [-0.25, -0.2) is 0 Å². The molecule has 0 bridgehead atoms. The zero-order chi connectivity index (χ0) is 11.7. The van der Waals surface area contributed by atoms with Crippen molar-refractivity contribution in [3.63, 3.8) is 0 Å². The molecule has 1 saturated heterocycles. The molecule has 1 N–H and O–H groups in total. The third kappa shape index (κ3) is 2.68. The lowest BCUT2D eigenvalue weighted by molar-refractivity contribution is 0.254. The van der Waals surface area contributed by atoms with E-state index in [0.717, 1.165) is 18.3 Å². The van der Waals surface area contributed by atoms with E-state index in [9.17, 15) is 0 Å². The van der Waals surface area contributed by atoms with Crippen molar-refractivity contribution in [2.24, 2.45) is 5.41 Å². The van der Waals surface area contributed by atoms with Crippen LogP contribution < -0.4 is 0 Å². The van der Waals surface area contributed by atoms with Crippen molar-refractivity contribution in [3.05, 3.63) is 0 Å². The molecule has 0 radical (unpaired) electrons. The molecule has 3 heteroatoms. The molecule has 0 amide bonds. The van der Waals surface area contributed by atoms with Crippen molar-refractivity contribution < 1.29 is 0 Å². The molecule has 1 rings (SSSR count). The summed E-state index contributed by atoms with van der Waals surface area (Å²) >= 11 is 1.74. The number of amidine groups is 1. The van der Waals surface area contributed by atoms with Crippen LogP contribution >= 0.6 is 11.8 Å². The first-order valence-electron chi connectivity index (χ1n) is 5.82. The maximum Gasteiger partial charge on any atom is 0.157 e. The van der Waals surface area contributed by atoms with Crippen LogP contribution in [-0.4, -0.2) is 27.9 Å². The predicted molar refractivity (Wildman–Crippen MR) is 69.7 cm³/mol. The molecule has 0 aromatic carbocycles. The summed E-state index contributed by atoms with van der Waals surface area (Å²) in [6, 6.07) is 0. The lowest BCUT2D eigenvalue weighted by Gasteiger charge is -2.36. The molecule has 15 heavy (non-hydrogen) atoms. The monoisotopic (exact) mass is 228 g/mol. The number of hydrogen-bond donors (Lipinski definition) is 1. The Hall–Kier alpha value is -0.180. The Morgan fingerprint density at radius 1 is 1.47 bits per heavy atom. The fraction of sp³-hybridized carbons (Fsp3) is 0.917. The van der Waals surface area contributed by atoms with Gasteiger partial charge in [0.2, 0.25) is 0 Å². The molecular formula is C12H24N2S. The smallest absolute Gasteiger partial charge is 0.157 e. The van der Waals surface area contributed by atoms with Crippen LogP contribution in [0.1, 0.15) is 47.5 Å². The summed E-state index contributed by atoms with van der Waals surface area (Å²) in [4.78, 5) is 2.24. The highest BCUT2D eigenvalue weighted by Crippen LogP contribution is 2.47. The molecule has 1 atom stereocenters. The van der Waals surface area contributed by atoms with Gasteiger partial charge in [0.25, 0.3) is 0 Å². The molecule has 88 valence electrons. The van der Waals surface area contributed by atoms with Gasteiger partial charge in [0.15, 0.2) is 5.17 Å². The fourth-order valence-electron chi connectivity index (χ4n) is 1.67. The Morgan fingerprint density at radius 2 is 2.07 bits per heavy atom. The highest BCUT2D eigenvalue weighted by atomic mass is 32.2. The summed E-state index contributed by atoms with van der Waals surface area (Å²) in [5.74, 6) is 0. The lowest BCUT2D eigenvalue weighted by atomic mass is 9.81. The van der Waals surface area contributed by atoms with E-state index in [1.807, 2.05) is 0 Å². The van der Waals surface area contributed by atoms with Crippen LogP contribution in [0.25, 0.3) is 0 Å². The highest BCUT2D eigenvalue weighted by molar-refractivity contribution is 8.15. The number of rotatable bonds is 3. The molecule has 1 unspecified atom stereocenters. The second-order valence-corrected chi connectivity index (χ2v) is 7.16. The minimum absolute atomic E-state index is 0.192. The first-order chi connectivity index (χ1) is 6.80. The standard InChI is InChI=1S/C12H24N2S/c1-6-7-8-14-9-12(5,11(2,3)4)15-10(14)13/h13H,6-9H2,1-5H3. The van der Waals surface area contributed by atoms with Crippen molar-refractivity contribution in [1.29, 1.82) is 5.41 Å². The maximum absolute atomic E-state index is 8.01. The second kappa shape index (κ2) is 4.36. The van der Waals surface area contributed by atoms with E-state index >= 15 is 0 Å². The Kier molecular flexibility index (Phi) is 3.75. The molecule has 0 aromatic heterocycles. The van der Waals surface area contributed by atoms with E-state index in [1.54, 1.807) is 11.8 Å². The molecule has 1 aliphatic rings. The summed E-state index contributed by atoms with van der Waals surface area (Å²) < 4.78 is 0.192. The van der Waals surface area contributed by atoms with Gasteiger partial charge in [-0.2, -0.15) is 0 Å². The van der Waals surface area contributed by atoms with Crippen molar-refractivity contribution in [1.82, 2.24) is 4.90 Å². The lowest BCUT2D eigenvalue weighted by Crippen LogP contribution is -2.40. The Bertz CT molecular complexity index is 244. The molecule has 0 aliphatic carbocycles. The summed E-state index contributed by atoms with van der Waals surface area (Å²) in [7, 11) is 0. The van der Waals surface area contributed by atoms with Crippen molar-refractivity contribution in [3.8, 4) is 0 Å². The van der Waals surface area contributed by atoms with Gasteiger partial charge in [0, 0.05) is 17.8 Å². The highest BCUT2D eigenvalue weighted by Gasteiger charge is 2.46. The molecule has 2 nitrogen and oxygen atoms in total. The summed E-state index contributed by atoms with van der Waals surface area (Å²) in [5.41, 5.74) is 0.255. The predicted octanol–water partition coefficient (Wildman–Crippen LogP) is 3.57. The molecule has 1 aliphatic heterocycles. The molecule has 1 heterocycles. The van der Waals surface area contributed by atoms with Crippen molar-refractivity contribution >= 4 is 16.9 Å². The van der Waals surface area contributed by atoms with Crippen LogP contribution in [0.4, 0.5) is 0 Å². The van der Waals surface area contributed by atoms with Gasteiger partial charge < -0.3 is 4.90 Å². The number of nitrogens with zero attached hydrogens (tertiary/aromatic N) is 1. The van der Waals surface area contributed by atoms with Gasteiger partial charge >= 0.3 is 0 Å². The van der Waals surface area contributed by atoms with Crippen LogP contribution in [0.3, 0.4) is 0 Å². The Balaban J connectivity index is 2.66. The number of unbranched alkanes of at least 4 members (excludes halogenated alkanes) is 1. The summed E-state index contributed by atoms with van der Waals surface area (Å²) in [6.45, 7) is 13.4.